The van der Waals surface area contributed by atoms with Gasteiger partial charge < -0.3 is 15.0 Å². The molecule has 2 amide bonds. The number of nitrogens with one attached hydrogen (secondary N) is 1. The maximum Gasteiger partial charge on any atom is 0.229 e. The van der Waals surface area contributed by atoms with Gasteiger partial charge in [-0.2, -0.15) is 0 Å². The minimum atomic E-state index is -0.368. The Hall–Kier alpha value is -2.34. The van der Waals surface area contributed by atoms with Crippen LogP contribution in [0, 0.1) is 19.8 Å². The van der Waals surface area contributed by atoms with Crippen LogP contribution < -0.4 is 15.0 Å². The van der Waals surface area contributed by atoms with Gasteiger partial charge in [0.05, 0.1) is 13.0 Å². The third kappa shape index (κ3) is 3.75. The Balaban J connectivity index is 1.71. The number of carbonyl (C=O) groups is 2. The maximum atomic E-state index is 12.7. The number of carbonyl (C=O) groups excluding carboxylic acids is 2. The zero-order valence-electron chi connectivity index (χ0n) is 15.0. The molecule has 5 nitrogen and oxygen atoms in total. The average Bonchev–Trinajstić information content (AvgIpc) is 3.01. The van der Waals surface area contributed by atoms with Crippen molar-refractivity contribution in [1.29, 1.82) is 0 Å². The van der Waals surface area contributed by atoms with E-state index in [1.807, 2.05) is 50.2 Å². The lowest BCUT2D eigenvalue weighted by molar-refractivity contribution is -0.122. The Morgan fingerprint density at radius 2 is 1.88 bits per heavy atom. The Bertz CT molecular complexity index is 849. The zero-order chi connectivity index (χ0) is 18.8. The second kappa shape index (κ2) is 7.50. The standard InChI is InChI=1S/C20H21BrN2O3/c1-12-9-18(13(2)8-17(12)21)22-20(25)14-10-19(24)23(11-14)15-4-6-16(26-3)7-5-15/h4-9,14H,10-11H2,1-3H3,(H,22,25)/t14-/m1/s1. The summed E-state index contributed by atoms with van der Waals surface area (Å²) in [4.78, 5) is 26.7. The first-order valence-electron chi connectivity index (χ1n) is 8.41. The lowest BCUT2D eigenvalue weighted by atomic mass is 10.1. The van der Waals surface area contributed by atoms with Crippen molar-refractivity contribution < 1.29 is 14.3 Å². The van der Waals surface area contributed by atoms with E-state index in [9.17, 15) is 9.59 Å². The fourth-order valence-corrected chi connectivity index (χ4v) is 3.50. The summed E-state index contributed by atoms with van der Waals surface area (Å²) in [5.41, 5.74) is 3.59. The van der Waals surface area contributed by atoms with E-state index < -0.39 is 0 Å². The molecule has 1 fully saturated rings. The van der Waals surface area contributed by atoms with Gasteiger partial charge in [-0.1, -0.05) is 15.9 Å². The van der Waals surface area contributed by atoms with Crippen LogP contribution in [0.1, 0.15) is 17.5 Å². The lowest BCUT2D eigenvalue weighted by Gasteiger charge is -2.17. The predicted molar refractivity (Wildman–Crippen MR) is 106 cm³/mol. The van der Waals surface area contributed by atoms with Gasteiger partial charge in [0.25, 0.3) is 0 Å². The Labute approximate surface area is 161 Å². The van der Waals surface area contributed by atoms with Gasteiger partial charge in [0.2, 0.25) is 11.8 Å². The number of benzene rings is 2. The number of methoxy groups -OCH3 is 1. The van der Waals surface area contributed by atoms with E-state index in [1.165, 1.54) is 0 Å². The van der Waals surface area contributed by atoms with Crippen LogP contribution in [0.3, 0.4) is 0 Å². The van der Waals surface area contributed by atoms with Crippen molar-refractivity contribution in [3.63, 3.8) is 0 Å². The second-order valence-electron chi connectivity index (χ2n) is 6.51. The summed E-state index contributed by atoms with van der Waals surface area (Å²) in [6.45, 7) is 4.30. The fraction of sp³-hybridized carbons (Fsp3) is 0.300. The minimum absolute atomic E-state index is 0.0426. The number of rotatable bonds is 4. The van der Waals surface area contributed by atoms with E-state index in [0.717, 1.165) is 32.7 Å². The number of ether oxygens (including phenoxy) is 1. The van der Waals surface area contributed by atoms with E-state index in [2.05, 4.69) is 21.2 Å². The summed E-state index contributed by atoms with van der Waals surface area (Å²) in [5.74, 6) is 0.196. The van der Waals surface area contributed by atoms with Crippen LogP contribution in [-0.2, 0) is 9.59 Å². The van der Waals surface area contributed by atoms with Crippen LogP contribution in [0.5, 0.6) is 5.75 Å². The molecule has 0 unspecified atom stereocenters. The summed E-state index contributed by atoms with van der Waals surface area (Å²) >= 11 is 3.49. The van der Waals surface area contributed by atoms with Crippen molar-refractivity contribution >= 4 is 39.1 Å². The maximum absolute atomic E-state index is 12.7. The van der Waals surface area contributed by atoms with Gasteiger partial charge in [0, 0.05) is 28.8 Å². The van der Waals surface area contributed by atoms with Crippen molar-refractivity contribution in [2.75, 3.05) is 23.9 Å². The fourth-order valence-electron chi connectivity index (χ4n) is 3.05. The molecule has 1 atom stereocenters. The van der Waals surface area contributed by atoms with Gasteiger partial charge in [-0.05, 0) is 61.4 Å². The number of hydrogen-bond donors (Lipinski definition) is 1. The molecule has 1 N–H and O–H groups in total. The average molecular weight is 417 g/mol. The van der Waals surface area contributed by atoms with Crippen LogP contribution in [0.4, 0.5) is 11.4 Å². The van der Waals surface area contributed by atoms with Crippen molar-refractivity contribution in [1.82, 2.24) is 0 Å². The molecule has 0 saturated carbocycles. The van der Waals surface area contributed by atoms with Gasteiger partial charge in [-0.3, -0.25) is 9.59 Å². The Morgan fingerprint density at radius 3 is 2.54 bits per heavy atom. The molecule has 1 saturated heterocycles. The monoisotopic (exact) mass is 416 g/mol. The normalized spacial score (nSPS) is 16.7. The van der Waals surface area contributed by atoms with Crippen LogP contribution in [0.15, 0.2) is 40.9 Å². The molecule has 1 aliphatic heterocycles. The van der Waals surface area contributed by atoms with Crippen LogP contribution in [0.2, 0.25) is 0 Å². The van der Waals surface area contributed by atoms with Crippen molar-refractivity contribution in [3.05, 3.63) is 52.0 Å². The molecule has 0 spiro atoms. The molecule has 0 radical (unpaired) electrons. The van der Waals surface area contributed by atoms with Crippen LogP contribution >= 0.6 is 15.9 Å². The van der Waals surface area contributed by atoms with Gasteiger partial charge >= 0.3 is 0 Å². The van der Waals surface area contributed by atoms with Crippen molar-refractivity contribution in [2.24, 2.45) is 5.92 Å². The molecule has 136 valence electrons. The zero-order valence-corrected chi connectivity index (χ0v) is 16.6. The highest BCUT2D eigenvalue weighted by Crippen LogP contribution is 2.29. The Kier molecular flexibility index (Phi) is 5.32. The first-order chi connectivity index (χ1) is 12.4. The van der Waals surface area contributed by atoms with Gasteiger partial charge in [0.15, 0.2) is 0 Å². The number of halogens is 1. The lowest BCUT2D eigenvalue weighted by Crippen LogP contribution is -2.28. The van der Waals surface area contributed by atoms with E-state index in [4.69, 9.17) is 4.74 Å². The molecule has 2 aromatic carbocycles. The summed E-state index contributed by atoms with van der Waals surface area (Å²) < 4.78 is 6.15. The van der Waals surface area contributed by atoms with Crippen LogP contribution in [-0.4, -0.2) is 25.5 Å². The first-order valence-corrected chi connectivity index (χ1v) is 9.20. The summed E-state index contributed by atoms with van der Waals surface area (Å²) in [5, 5.41) is 2.97. The first kappa shape index (κ1) is 18.5. The molecule has 0 aromatic heterocycles. The third-order valence-corrected chi connectivity index (χ3v) is 5.50. The highest BCUT2D eigenvalue weighted by atomic mass is 79.9. The molecule has 0 bridgehead atoms. The number of anilines is 2. The molecule has 0 aliphatic carbocycles. The molecule has 26 heavy (non-hydrogen) atoms. The molecular formula is C20H21BrN2O3. The quantitative estimate of drug-likeness (QED) is 0.816. The largest absolute Gasteiger partial charge is 0.497 e. The highest BCUT2D eigenvalue weighted by Gasteiger charge is 2.35. The topological polar surface area (TPSA) is 58.6 Å². The van der Waals surface area contributed by atoms with E-state index in [0.29, 0.717) is 6.54 Å². The second-order valence-corrected chi connectivity index (χ2v) is 7.36. The van der Waals surface area contributed by atoms with Gasteiger partial charge in [-0.25, -0.2) is 0 Å². The Morgan fingerprint density at radius 1 is 1.19 bits per heavy atom. The molecule has 1 heterocycles. The number of amides is 2. The molecule has 6 heteroatoms. The van der Waals surface area contributed by atoms with Gasteiger partial charge in [0.1, 0.15) is 5.75 Å². The summed E-state index contributed by atoms with van der Waals surface area (Å²) in [6.07, 6.45) is 0.215. The SMILES string of the molecule is COc1ccc(N2C[C@H](C(=O)Nc3cc(C)c(Br)cc3C)CC2=O)cc1. The highest BCUT2D eigenvalue weighted by molar-refractivity contribution is 9.10. The molecular weight excluding hydrogens is 396 g/mol. The molecule has 2 aromatic rings. The summed E-state index contributed by atoms with van der Waals surface area (Å²) in [7, 11) is 1.60. The summed E-state index contributed by atoms with van der Waals surface area (Å²) in [6, 6.07) is 11.2. The number of hydrogen-bond acceptors (Lipinski definition) is 3. The van der Waals surface area contributed by atoms with E-state index in [-0.39, 0.29) is 24.2 Å². The smallest absolute Gasteiger partial charge is 0.229 e. The van der Waals surface area contributed by atoms with E-state index >= 15 is 0 Å². The number of nitrogens with zero attached hydrogens (tertiary/aromatic N) is 1. The predicted octanol–water partition coefficient (Wildman–Crippen LogP) is 4.07. The third-order valence-electron chi connectivity index (χ3n) is 4.64. The minimum Gasteiger partial charge on any atom is -0.497 e. The molecule has 3 rings (SSSR count). The number of aryl methyl sites for hydroxylation is 2. The van der Waals surface area contributed by atoms with Crippen molar-refractivity contribution in [2.45, 2.75) is 20.3 Å². The van der Waals surface area contributed by atoms with Crippen LogP contribution in [0.25, 0.3) is 0 Å². The molecule has 1 aliphatic rings. The van der Waals surface area contributed by atoms with Crippen molar-refractivity contribution in [3.8, 4) is 5.75 Å². The van der Waals surface area contributed by atoms with E-state index in [1.54, 1.807) is 12.0 Å². The van der Waals surface area contributed by atoms with Gasteiger partial charge in [-0.15, -0.1) is 0 Å².